The molecule has 1 heterocycles. The van der Waals surface area contributed by atoms with Crippen LogP contribution in [-0.2, 0) is 0 Å². The first-order valence-electron chi connectivity index (χ1n) is 4.40. The number of Topliss-reactive ketones (excluding diaryl/α,β-unsaturated/α-hetero) is 1. The molecule has 0 aliphatic heterocycles. The molecule has 1 aromatic carbocycles. The number of hydrogen-bond donors (Lipinski definition) is 0. The molecule has 0 radical (unpaired) electrons. The van der Waals surface area contributed by atoms with Gasteiger partial charge in [-0.3, -0.25) is 4.79 Å². The second-order valence-electron chi connectivity index (χ2n) is 3.33. The van der Waals surface area contributed by atoms with Crippen molar-refractivity contribution in [3.05, 3.63) is 34.0 Å². The molecule has 4 heteroatoms. The van der Waals surface area contributed by atoms with Crippen LogP contribution in [0.4, 0.5) is 0 Å². The molecule has 0 spiro atoms. The van der Waals surface area contributed by atoms with Crippen LogP contribution in [0.25, 0.3) is 11.0 Å². The van der Waals surface area contributed by atoms with E-state index >= 15 is 0 Å². The predicted molar refractivity (Wildman–Crippen MR) is 66.8 cm³/mol. The number of furan rings is 1. The number of carbonyl (C=O) groups excluding carboxylic acids is 1. The van der Waals surface area contributed by atoms with Crippen LogP contribution in [0.1, 0.15) is 16.1 Å². The lowest BCUT2D eigenvalue weighted by molar-refractivity contribution is 0.0995. The zero-order chi connectivity index (χ0) is 11.0. The van der Waals surface area contributed by atoms with Gasteiger partial charge in [0.25, 0.3) is 0 Å². The summed E-state index contributed by atoms with van der Waals surface area (Å²) in [7, 11) is 0. The third kappa shape index (κ3) is 2.01. The van der Waals surface area contributed by atoms with Gasteiger partial charge in [-0.2, -0.15) is 0 Å². The van der Waals surface area contributed by atoms with Gasteiger partial charge in [-0.1, -0.05) is 15.9 Å². The molecule has 0 bridgehead atoms. The second kappa shape index (κ2) is 4.10. The summed E-state index contributed by atoms with van der Waals surface area (Å²) in [4.78, 5) is 11.4. The molecule has 78 valence electrons. The molecule has 0 aliphatic rings. The zero-order valence-electron chi connectivity index (χ0n) is 8.01. The Morgan fingerprint density at radius 2 is 2.13 bits per heavy atom. The number of hydrogen-bond acceptors (Lipinski definition) is 2. The van der Waals surface area contributed by atoms with E-state index in [-0.39, 0.29) is 11.1 Å². The number of ketones is 1. The molecule has 0 unspecified atom stereocenters. The lowest BCUT2D eigenvalue weighted by Crippen LogP contribution is -1.96. The summed E-state index contributed by atoms with van der Waals surface area (Å²) in [6, 6.07) is 5.74. The molecule has 0 fully saturated rings. The first-order valence-corrected chi connectivity index (χ1v) is 6.32. The largest absolute Gasteiger partial charge is 0.452 e. The Morgan fingerprint density at radius 3 is 2.80 bits per heavy atom. The molecule has 2 nitrogen and oxygen atoms in total. The lowest BCUT2D eigenvalue weighted by atomic mass is 10.2. The predicted octanol–water partition coefficient (Wildman–Crippen LogP) is 4.08. The number of alkyl halides is 1. The van der Waals surface area contributed by atoms with Crippen molar-refractivity contribution in [2.24, 2.45) is 0 Å². The van der Waals surface area contributed by atoms with E-state index in [0.29, 0.717) is 5.76 Å². The molecule has 2 rings (SSSR count). The molecule has 0 aliphatic carbocycles. The van der Waals surface area contributed by atoms with E-state index in [0.717, 1.165) is 21.0 Å². The first kappa shape index (κ1) is 10.9. The van der Waals surface area contributed by atoms with E-state index in [2.05, 4.69) is 31.9 Å². The molecule has 0 atom stereocenters. The average Bonchev–Trinajstić information content (AvgIpc) is 2.60. The fourth-order valence-electron chi connectivity index (χ4n) is 1.45. The Morgan fingerprint density at radius 1 is 1.40 bits per heavy atom. The Bertz CT molecular complexity index is 529. The number of fused-ring (bicyclic) bond motifs is 1. The maximum absolute atomic E-state index is 11.4. The monoisotopic (exact) mass is 330 g/mol. The summed E-state index contributed by atoms with van der Waals surface area (Å²) >= 11 is 6.54. The van der Waals surface area contributed by atoms with E-state index < -0.39 is 0 Å². The Kier molecular flexibility index (Phi) is 2.98. The standard InChI is InChI=1S/C11H8Br2O2/c1-6-2-7-4-10(9(14)5-12)15-11(7)8(13)3-6/h2-4H,5H2,1H3. The van der Waals surface area contributed by atoms with Gasteiger partial charge in [0.05, 0.1) is 9.80 Å². The maximum atomic E-state index is 11.4. The quantitative estimate of drug-likeness (QED) is 0.613. The van der Waals surface area contributed by atoms with Gasteiger partial charge in [0, 0.05) is 5.39 Å². The SMILES string of the molecule is Cc1cc(Br)c2oc(C(=O)CBr)cc2c1. The van der Waals surface area contributed by atoms with Crippen LogP contribution in [0.3, 0.4) is 0 Å². The molecular formula is C11H8Br2O2. The second-order valence-corrected chi connectivity index (χ2v) is 4.75. The number of rotatable bonds is 2. The number of halogens is 2. The summed E-state index contributed by atoms with van der Waals surface area (Å²) in [5.41, 5.74) is 1.86. The molecule has 0 saturated carbocycles. The minimum atomic E-state index is -0.0456. The number of carbonyl (C=O) groups is 1. The fraction of sp³-hybridized carbons (Fsp3) is 0.182. The number of benzene rings is 1. The van der Waals surface area contributed by atoms with Gasteiger partial charge in [0.15, 0.2) is 5.76 Å². The van der Waals surface area contributed by atoms with Crippen molar-refractivity contribution in [2.75, 3.05) is 5.33 Å². The number of aryl methyl sites for hydroxylation is 1. The summed E-state index contributed by atoms with van der Waals surface area (Å²) < 4.78 is 6.36. The maximum Gasteiger partial charge on any atom is 0.208 e. The van der Waals surface area contributed by atoms with E-state index in [1.165, 1.54) is 0 Å². The highest BCUT2D eigenvalue weighted by Gasteiger charge is 2.12. The molecule has 0 N–H and O–H groups in total. The van der Waals surface area contributed by atoms with Gasteiger partial charge < -0.3 is 4.42 Å². The van der Waals surface area contributed by atoms with Crippen LogP contribution in [0, 0.1) is 6.92 Å². The van der Waals surface area contributed by atoms with Gasteiger partial charge in [-0.05, 0) is 46.6 Å². The summed E-state index contributed by atoms with van der Waals surface area (Å²) in [5.74, 6) is 0.351. The van der Waals surface area contributed by atoms with Gasteiger partial charge in [-0.15, -0.1) is 0 Å². The van der Waals surface area contributed by atoms with Crippen LogP contribution in [0.2, 0.25) is 0 Å². The van der Waals surface area contributed by atoms with Crippen LogP contribution in [-0.4, -0.2) is 11.1 Å². The minimum absolute atomic E-state index is 0.0456. The van der Waals surface area contributed by atoms with Crippen molar-refractivity contribution in [2.45, 2.75) is 6.92 Å². The van der Waals surface area contributed by atoms with Gasteiger partial charge >= 0.3 is 0 Å². The molecular weight excluding hydrogens is 324 g/mol. The van der Waals surface area contributed by atoms with E-state index in [1.807, 2.05) is 19.1 Å². The van der Waals surface area contributed by atoms with Crippen LogP contribution >= 0.6 is 31.9 Å². The third-order valence-electron chi connectivity index (χ3n) is 2.11. The highest BCUT2D eigenvalue weighted by molar-refractivity contribution is 9.10. The van der Waals surface area contributed by atoms with E-state index in [1.54, 1.807) is 6.07 Å². The van der Waals surface area contributed by atoms with Crippen LogP contribution < -0.4 is 0 Å². The van der Waals surface area contributed by atoms with Crippen molar-refractivity contribution < 1.29 is 9.21 Å². The van der Waals surface area contributed by atoms with Crippen molar-refractivity contribution >= 4 is 48.6 Å². The molecule has 1 aromatic heterocycles. The van der Waals surface area contributed by atoms with E-state index in [4.69, 9.17) is 4.42 Å². The Balaban J connectivity index is 2.65. The highest BCUT2D eigenvalue weighted by atomic mass is 79.9. The van der Waals surface area contributed by atoms with Crippen LogP contribution in [0.5, 0.6) is 0 Å². The van der Waals surface area contributed by atoms with Crippen LogP contribution in [0.15, 0.2) is 27.1 Å². The third-order valence-corrected chi connectivity index (χ3v) is 3.21. The smallest absolute Gasteiger partial charge is 0.208 e. The Labute approximate surface area is 104 Å². The molecule has 0 saturated heterocycles. The van der Waals surface area contributed by atoms with Crippen molar-refractivity contribution in [1.82, 2.24) is 0 Å². The average molecular weight is 332 g/mol. The minimum Gasteiger partial charge on any atom is -0.452 e. The van der Waals surface area contributed by atoms with Crippen molar-refractivity contribution in [1.29, 1.82) is 0 Å². The molecule has 0 amide bonds. The summed E-state index contributed by atoms with van der Waals surface area (Å²) in [6.07, 6.45) is 0. The van der Waals surface area contributed by atoms with Crippen molar-refractivity contribution in [3.8, 4) is 0 Å². The zero-order valence-corrected chi connectivity index (χ0v) is 11.2. The topological polar surface area (TPSA) is 30.2 Å². The van der Waals surface area contributed by atoms with Crippen molar-refractivity contribution in [3.63, 3.8) is 0 Å². The molecule has 15 heavy (non-hydrogen) atoms. The highest BCUT2D eigenvalue weighted by Crippen LogP contribution is 2.28. The van der Waals surface area contributed by atoms with Gasteiger partial charge in [0.1, 0.15) is 5.58 Å². The summed E-state index contributed by atoms with van der Waals surface area (Å²) in [5, 5.41) is 1.23. The lowest BCUT2D eigenvalue weighted by Gasteiger charge is -1.94. The Hall–Kier alpha value is -0.610. The summed E-state index contributed by atoms with van der Waals surface area (Å²) in [6.45, 7) is 2.00. The van der Waals surface area contributed by atoms with Gasteiger partial charge in [0.2, 0.25) is 5.78 Å². The molecule has 2 aromatic rings. The first-order chi connectivity index (χ1) is 7.11. The van der Waals surface area contributed by atoms with Gasteiger partial charge in [-0.25, -0.2) is 0 Å². The normalized spacial score (nSPS) is 10.9. The fourth-order valence-corrected chi connectivity index (χ4v) is 2.40. The van der Waals surface area contributed by atoms with E-state index in [9.17, 15) is 4.79 Å².